The highest BCUT2D eigenvalue weighted by Crippen LogP contribution is 2.18. The lowest BCUT2D eigenvalue weighted by atomic mass is 10.0. The maximum absolute atomic E-state index is 11.9. The van der Waals surface area contributed by atoms with E-state index in [9.17, 15) is 4.79 Å². The zero-order chi connectivity index (χ0) is 13.4. The van der Waals surface area contributed by atoms with Crippen molar-refractivity contribution in [1.82, 2.24) is 5.32 Å². The van der Waals surface area contributed by atoms with Crippen LogP contribution >= 0.6 is 0 Å². The molecule has 0 saturated carbocycles. The van der Waals surface area contributed by atoms with Crippen LogP contribution in [0.15, 0.2) is 43.0 Å². The van der Waals surface area contributed by atoms with Crippen molar-refractivity contribution in [3.8, 4) is 0 Å². The van der Waals surface area contributed by atoms with Gasteiger partial charge < -0.3 is 11.1 Å². The molecule has 98 valence electrons. The van der Waals surface area contributed by atoms with E-state index in [1.165, 1.54) is 0 Å². The molecule has 0 aliphatic heterocycles. The van der Waals surface area contributed by atoms with Gasteiger partial charge in [-0.15, -0.1) is 6.58 Å². The van der Waals surface area contributed by atoms with Crippen LogP contribution in [-0.4, -0.2) is 11.9 Å². The fourth-order valence-electron chi connectivity index (χ4n) is 1.86. The van der Waals surface area contributed by atoms with Crippen LogP contribution in [-0.2, 0) is 4.79 Å². The number of amides is 1. The van der Waals surface area contributed by atoms with Gasteiger partial charge in [0, 0.05) is 0 Å². The molecule has 0 heterocycles. The maximum atomic E-state index is 11.9. The van der Waals surface area contributed by atoms with Crippen molar-refractivity contribution in [2.75, 3.05) is 0 Å². The van der Waals surface area contributed by atoms with Gasteiger partial charge in [0.05, 0.1) is 12.1 Å². The van der Waals surface area contributed by atoms with E-state index in [0.717, 1.165) is 18.4 Å². The van der Waals surface area contributed by atoms with Gasteiger partial charge in [-0.05, 0) is 18.4 Å². The molecule has 3 N–H and O–H groups in total. The van der Waals surface area contributed by atoms with Crippen molar-refractivity contribution in [2.45, 2.75) is 38.3 Å². The van der Waals surface area contributed by atoms with Crippen LogP contribution < -0.4 is 11.1 Å². The molecule has 0 fully saturated rings. The molecular weight excluding hydrogens is 224 g/mol. The van der Waals surface area contributed by atoms with Gasteiger partial charge in [0.2, 0.25) is 5.91 Å². The van der Waals surface area contributed by atoms with E-state index in [4.69, 9.17) is 5.73 Å². The molecule has 0 aliphatic carbocycles. The van der Waals surface area contributed by atoms with E-state index in [2.05, 4.69) is 18.8 Å². The van der Waals surface area contributed by atoms with E-state index in [0.29, 0.717) is 6.42 Å². The summed E-state index contributed by atoms with van der Waals surface area (Å²) in [7, 11) is 0. The quantitative estimate of drug-likeness (QED) is 0.726. The van der Waals surface area contributed by atoms with Crippen molar-refractivity contribution in [3.05, 3.63) is 48.6 Å². The van der Waals surface area contributed by atoms with Crippen molar-refractivity contribution >= 4 is 5.91 Å². The minimum Gasteiger partial charge on any atom is -0.348 e. The molecule has 2 unspecified atom stereocenters. The normalized spacial score (nSPS) is 13.7. The first kappa shape index (κ1) is 14.5. The van der Waals surface area contributed by atoms with Gasteiger partial charge in [-0.2, -0.15) is 0 Å². The summed E-state index contributed by atoms with van der Waals surface area (Å²) in [6.07, 6.45) is 4.09. The summed E-state index contributed by atoms with van der Waals surface area (Å²) < 4.78 is 0. The van der Waals surface area contributed by atoms with Crippen LogP contribution in [0.5, 0.6) is 0 Å². The standard InChI is InChI=1S/C15H22N2O/c1-3-8-13(16)15(18)17-14(9-4-2)12-10-6-5-7-11-12/h3,5-7,10-11,13-14H,1,4,8-9,16H2,2H3,(H,17,18). The SMILES string of the molecule is C=CCC(N)C(=O)NC(CCC)c1ccccc1. The third kappa shape index (κ3) is 4.34. The number of hydrogen-bond acceptors (Lipinski definition) is 2. The third-order valence-electron chi connectivity index (χ3n) is 2.85. The van der Waals surface area contributed by atoms with Crippen molar-refractivity contribution in [2.24, 2.45) is 5.73 Å². The molecule has 0 spiro atoms. The molecule has 0 saturated heterocycles. The molecule has 1 aromatic rings. The second kappa shape index (κ2) is 7.67. The predicted octanol–water partition coefficient (Wildman–Crippen LogP) is 2.55. The van der Waals surface area contributed by atoms with Gasteiger partial charge in [0.15, 0.2) is 0 Å². The van der Waals surface area contributed by atoms with Gasteiger partial charge >= 0.3 is 0 Å². The Labute approximate surface area is 109 Å². The molecule has 3 heteroatoms. The highest BCUT2D eigenvalue weighted by Gasteiger charge is 2.17. The first-order valence-electron chi connectivity index (χ1n) is 6.40. The van der Waals surface area contributed by atoms with Crippen LogP contribution in [0.2, 0.25) is 0 Å². The topological polar surface area (TPSA) is 55.1 Å². The summed E-state index contributed by atoms with van der Waals surface area (Å²) in [5.41, 5.74) is 6.89. The summed E-state index contributed by atoms with van der Waals surface area (Å²) in [6.45, 7) is 5.70. The zero-order valence-electron chi connectivity index (χ0n) is 10.9. The largest absolute Gasteiger partial charge is 0.348 e. The van der Waals surface area contributed by atoms with Crippen LogP contribution in [0.4, 0.5) is 0 Å². The molecule has 3 nitrogen and oxygen atoms in total. The molecule has 2 atom stereocenters. The van der Waals surface area contributed by atoms with Gasteiger partial charge in [0.25, 0.3) is 0 Å². The lowest BCUT2D eigenvalue weighted by Gasteiger charge is -2.20. The number of nitrogens with one attached hydrogen (secondary N) is 1. The van der Waals surface area contributed by atoms with E-state index in [1.54, 1.807) is 6.08 Å². The Balaban J connectivity index is 2.69. The summed E-state index contributed by atoms with van der Waals surface area (Å²) >= 11 is 0. The summed E-state index contributed by atoms with van der Waals surface area (Å²) in [5, 5.41) is 3.01. The number of carbonyl (C=O) groups is 1. The Bertz CT molecular complexity index is 375. The van der Waals surface area contributed by atoms with Gasteiger partial charge in [0.1, 0.15) is 0 Å². The first-order valence-corrected chi connectivity index (χ1v) is 6.40. The number of carbonyl (C=O) groups excluding carboxylic acids is 1. The fraction of sp³-hybridized carbons (Fsp3) is 0.400. The van der Waals surface area contributed by atoms with Gasteiger partial charge in [-0.1, -0.05) is 49.8 Å². The van der Waals surface area contributed by atoms with Crippen molar-refractivity contribution in [3.63, 3.8) is 0 Å². The average Bonchev–Trinajstić information content (AvgIpc) is 2.39. The lowest BCUT2D eigenvalue weighted by Crippen LogP contribution is -2.41. The Morgan fingerprint density at radius 3 is 2.67 bits per heavy atom. The lowest BCUT2D eigenvalue weighted by molar-refractivity contribution is -0.123. The fourth-order valence-corrected chi connectivity index (χ4v) is 1.86. The number of benzene rings is 1. The second-order valence-electron chi connectivity index (χ2n) is 4.39. The molecule has 1 aromatic carbocycles. The predicted molar refractivity (Wildman–Crippen MR) is 75.0 cm³/mol. The molecule has 1 rings (SSSR count). The van der Waals surface area contributed by atoms with Gasteiger partial charge in [-0.25, -0.2) is 0 Å². The Kier molecular flexibility index (Phi) is 6.15. The molecule has 0 aliphatic rings. The molecule has 1 amide bonds. The van der Waals surface area contributed by atoms with Crippen molar-refractivity contribution < 1.29 is 4.79 Å². The Morgan fingerprint density at radius 2 is 2.11 bits per heavy atom. The van der Waals surface area contributed by atoms with E-state index in [1.807, 2.05) is 30.3 Å². The zero-order valence-corrected chi connectivity index (χ0v) is 10.9. The summed E-state index contributed by atoms with van der Waals surface area (Å²) in [6, 6.07) is 9.52. The Hall–Kier alpha value is -1.61. The Morgan fingerprint density at radius 1 is 1.44 bits per heavy atom. The molecule has 18 heavy (non-hydrogen) atoms. The van der Waals surface area contributed by atoms with Crippen LogP contribution in [0.1, 0.15) is 37.8 Å². The smallest absolute Gasteiger partial charge is 0.237 e. The monoisotopic (exact) mass is 246 g/mol. The minimum atomic E-state index is -0.509. The van der Waals surface area contributed by atoms with Crippen LogP contribution in [0, 0.1) is 0 Å². The average molecular weight is 246 g/mol. The maximum Gasteiger partial charge on any atom is 0.237 e. The molecule has 0 radical (unpaired) electrons. The van der Waals surface area contributed by atoms with E-state index in [-0.39, 0.29) is 11.9 Å². The van der Waals surface area contributed by atoms with E-state index >= 15 is 0 Å². The summed E-state index contributed by atoms with van der Waals surface area (Å²) in [4.78, 5) is 11.9. The molecule has 0 bridgehead atoms. The van der Waals surface area contributed by atoms with Crippen LogP contribution in [0.25, 0.3) is 0 Å². The highest BCUT2D eigenvalue weighted by atomic mass is 16.2. The first-order chi connectivity index (χ1) is 8.69. The number of hydrogen-bond donors (Lipinski definition) is 2. The minimum absolute atomic E-state index is 0.0413. The summed E-state index contributed by atoms with van der Waals surface area (Å²) in [5.74, 6) is -0.114. The molecular formula is C15H22N2O. The highest BCUT2D eigenvalue weighted by molar-refractivity contribution is 5.82. The number of rotatable bonds is 7. The van der Waals surface area contributed by atoms with Crippen LogP contribution in [0.3, 0.4) is 0 Å². The molecule has 0 aromatic heterocycles. The second-order valence-corrected chi connectivity index (χ2v) is 4.39. The van der Waals surface area contributed by atoms with Crippen molar-refractivity contribution in [1.29, 1.82) is 0 Å². The number of nitrogens with two attached hydrogens (primary N) is 1. The van der Waals surface area contributed by atoms with E-state index < -0.39 is 6.04 Å². The third-order valence-corrected chi connectivity index (χ3v) is 2.85. The van der Waals surface area contributed by atoms with Gasteiger partial charge in [-0.3, -0.25) is 4.79 Å².